The summed E-state index contributed by atoms with van der Waals surface area (Å²) in [4.78, 5) is 6.99. The molecule has 0 spiro atoms. The molecule has 0 amide bonds. The summed E-state index contributed by atoms with van der Waals surface area (Å²) >= 11 is 0. The number of likely N-dealkylation sites (tertiary alicyclic amines) is 1. The normalized spacial score (nSPS) is 18.4. The minimum absolute atomic E-state index is 0.576. The van der Waals surface area contributed by atoms with E-state index in [1.807, 2.05) is 6.20 Å². The van der Waals surface area contributed by atoms with Crippen molar-refractivity contribution in [2.45, 2.75) is 39.8 Å². The molecular weight excluding hydrogens is 222 g/mol. The van der Waals surface area contributed by atoms with Gasteiger partial charge in [0, 0.05) is 19.3 Å². The van der Waals surface area contributed by atoms with Gasteiger partial charge >= 0.3 is 0 Å². The van der Waals surface area contributed by atoms with Crippen molar-refractivity contribution in [2.24, 2.45) is 17.6 Å². The highest BCUT2D eigenvalue weighted by Crippen LogP contribution is 2.24. The van der Waals surface area contributed by atoms with Gasteiger partial charge in [-0.15, -0.1) is 0 Å². The Hall–Kier alpha value is -0.930. The molecule has 2 heterocycles. The molecule has 2 N–H and O–H groups in total. The van der Waals surface area contributed by atoms with E-state index in [0.717, 1.165) is 29.6 Å². The lowest BCUT2D eigenvalue weighted by Gasteiger charge is -2.33. The Kier molecular flexibility index (Phi) is 4.72. The summed E-state index contributed by atoms with van der Waals surface area (Å²) in [7, 11) is 0. The second kappa shape index (κ2) is 6.30. The van der Waals surface area contributed by atoms with Gasteiger partial charge in [0.2, 0.25) is 0 Å². The maximum atomic E-state index is 5.58. The van der Waals surface area contributed by atoms with E-state index in [-0.39, 0.29) is 0 Å². The maximum absolute atomic E-state index is 5.58. The van der Waals surface area contributed by atoms with Crippen LogP contribution in [0.5, 0.6) is 0 Å². The van der Waals surface area contributed by atoms with Crippen LogP contribution in [0.3, 0.4) is 0 Å². The fourth-order valence-electron chi connectivity index (χ4n) is 2.68. The molecule has 1 aliphatic heterocycles. The van der Waals surface area contributed by atoms with E-state index < -0.39 is 0 Å². The van der Waals surface area contributed by atoms with Crippen LogP contribution in [0.15, 0.2) is 18.3 Å². The van der Waals surface area contributed by atoms with Crippen molar-refractivity contribution in [3.05, 3.63) is 29.6 Å². The van der Waals surface area contributed by atoms with Gasteiger partial charge in [0.1, 0.15) is 0 Å². The molecule has 1 aliphatic rings. The minimum Gasteiger partial charge on any atom is -0.326 e. The van der Waals surface area contributed by atoms with Crippen LogP contribution in [0.1, 0.15) is 37.9 Å². The van der Waals surface area contributed by atoms with Gasteiger partial charge in [-0.3, -0.25) is 9.88 Å². The third-order valence-electron chi connectivity index (χ3n) is 4.08. The van der Waals surface area contributed by atoms with E-state index in [2.05, 4.69) is 35.9 Å². The molecule has 18 heavy (non-hydrogen) atoms. The molecule has 1 saturated heterocycles. The fourth-order valence-corrected chi connectivity index (χ4v) is 2.68. The number of piperidine rings is 1. The highest BCUT2D eigenvalue weighted by molar-refractivity contribution is 5.13. The standard InChI is InChI=1S/C15H25N3/c1-12(2)14-5-7-18(8-6-14)11-15-4-3-13(9-16)10-17-15/h3-4,10,12,14H,5-9,11,16H2,1-2H3. The van der Waals surface area contributed by atoms with E-state index in [4.69, 9.17) is 5.73 Å². The van der Waals surface area contributed by atoms with Crippen LogP contribution in [-0.2, 0) is 13.1 Å². The van der Waals surface area contributed by atoms with Gasteiger partial charge in [-0.05, 0) is 49.4 Å². The van der Waals surface area contributed by atoms with Crippen LogP contribution < -0.4 is 5.73 Å². The molecular formula is C15H25N3. The highest BCUT2D eigenvalue weighted by Gasteiger charge is 2.21. The van der Waals surface area contributed by atoms with E-state index in [9.17, 15) is 0 Å². The van der Waals surface area contributed by atoms with Crippen LogP contribution in [0.25, 0.3) is 0 Å². The summed E-state index contributed by atoms with van der Waals surface area (Å²) in [6.07, 6.45) is 4.56. The first-order valence-corrected chi connectivity index (χ1v) is 7.05. The second-order valence-corrected chi connectivity index (χ2v) is 5.72. The van der Waals surface area contributed by atoms with Crippen molar-refractivity contribution in [3.8, 4) is 0 Å². The van der Waals surface area contributed by atoms with Crippen molar-refractivity contribution in [1.82, 2.24) is 9.88 Å². The summed E-state index contributed by atoms with van der Waals surface area (Å²) in [6, 6.07) is 4.19. The number of rotatable bonds is 4. The van der Waals surface area contributed by atoms with Crippen LogP contribution in [0.4, 0.5) is 0 Å². The Labute approximate surface area is 110 Å². The van der Waals surface area contributed by atoms with Gasteiger partial charge in [-0.2, -0.15) is 0 Å². The maximum Gasteiger partial charge on any atom is 0.0544 e. The monoisotopic (exact) mass is 247 g/mol. The molecule has 0 radical (unpaired) electrons. The molecule has 3 heteroatoms. The van der Waals surface area contributed by atoms with E-state index in [1.54, 1.807) is 0 Å². The predicted octanol–water partition coefficient (Wildman–Crippen LogP) is 2.41. The largest absolute Gasteiger partial charge is 0.326 e. The predicted molar refractivity (Wildman–Crippen MR) is 75.0 cm³/mol. The molecule has 2 rings (SSSR count). The van der Waals surface area contributed by atoms with Crippen LogP contribution >= 0.6 is 0 Å². The smallest absolute Gasteiger partial charge is 0.0544 e. The Morgan fingerprint density at radius 3 is 2.56 bits per heavy atom. The number of aromatic nitrogens is 1. The average Bonchev–Trinajstić information content (AvgIpc) is 2.40. The molecule has 0 bridgehead atoms. The lowest BCUT2D eigenvalue weighted by molar-refractivity contribution is 0.150. The summed E-state index contributed by atoms with van der Waals surface area (Å²) in [5.74, 6) is 1.74. The molecule has 1 fully saturated rings. The number of hydrogen-bond donors (Lipinski definition) is 1. The van der Waals surface area contributed by atoms with Crippen molar-refractivity contribution in [1.29, 1.82) is 0 Å². The Morgan fingerprint density at radius 1 is 1.33 bits per heavy atom. The summed E-state index contributed by atoms with van der Waals surface area (Å²) in [5.41, 5.74) is 7.85. The van der Waals surface area contributed by atoms with Crippen LogP contribution in [-0.4, -0.2) is 23.0 Å². The summed E-state index contributed by atoms with van der Waals surface area (Å²) < 4.78 is 0. The van der Waals surface area contributed by atoms with Crippen molar-refractivity contribution >= 4 is 0 Å². The van der Waals surface area contributed by atoms with Crippen LogP contribution in [0.2, 0.25) is 0 Å². The molecule has 0 aromatic carbocycles. The number of nitrogens with zero attached hydrogens (tertiary/aromatic N) is 2. The lowest BCUT2D eigenvalue weighted by atomic mass is 9.87. The van der Waals surface area contributed by atoms with Crippen molar-refractivity contribution < 1.29 is 0 Å². The topological polar surface area (TPSA) is 42.1 Å². The first-order valence-electron chi connectivity index (χ1n) is 7.05. The summed E-state index contributed by atoms with van der Waals surface area (Å²) in [5, 5.41) is 0. The molecule has 3 nitrogen and oxygen atoms in total. The molecule has 0 unspecified atom stereocenters. The van der Waals surface area contributed by atoms with Gasteiger partial charge in [0.25, 0.3) is 0 Å². The molecule has 1 aromatic rings. The van der Waals surface area contributed by atoms with Crippen molar-refractivity contribution in [3.63, 3.8) is 0 Å². The average molecular weight is 247 g/mol. The zero-order valence-corrected chi connectivity index (χ0v) is 11.6. The Bertz CT molecular complexity index is 351. The first-order chi connectivity index (χ1) is 8.69. The number of pyridine rings is 1. The van der Waals surface area contributed by atoms with Gasteiger partial charge < -0.3 is 5.73 Å². The van der Waals surface area contributed by atoms with Crippen LogP contribution in [0, 0.1) is 11.8 Å². The molecule has 100 valence electrons. The molecule has 0 atom stereocenters. The third-order valence-corrected chi connectivity index (χ3v) is 4.08. The SMILES string of the molecule is CC(C)C1CCN(Cc2ccc(CN)cn2)CC1. The molecule has 1 aromatic heterocycles. The van der Waals surface area contributed by atoms with Crippen molar-refractivity contribution in [2.75, 3.05) is 13.1 Å². The highest BCUT2D eigenvalue weighted by atomic mass is 15.1. The Morgan fingerprint density at radius 2 is 2.06 bits per heavy atom. The van der Waals surface area contributed by atoms with E-state index in [1.165, 1.54) is 25.9 Å². The van der Waals surface area contributed by atoms with Gasteiger partial charge in [0.05, 0.1) is 5.69 Å². The van der Waals surface area contributed by atoms with Gasteiger partial charge in [0.15, 0.2) is 0 Å². The van der Waals surface area contributed by atoms with Gasteiger partial charge in [-0.25, -0.2) is 0 Å². The number of nitrogens with two attached hydrogens (primary N) is 1. The zero-order valence-electron chi connectivity index (χ0n) is 11.6. The van der Waals surface area contributed by atoms with E-state index in [0.29, 0.717) is 6.54 Å². The fraction of sp³-hybridized carbons (Fsp3) is 0.667. The van der Waals surface area contributed by atoms with E-state index >= 15 is 0 Å². The molecule has 0 saturated carbocycles. The quantitative estimate of drug-likeness (QED) is 0.888. The lowest BCUT2D eigenvalue weighted by Crippen LogP contribution is -2.34. The Balaban J connectivity index is 1.83. The van der Waals surface area contributed by atoms with Gasteiger partial charge in [-0.1, -0.05) is 19.9 Å². The second-order valence-electron chi connectivity index (χ2n) is 5.72. The summed E-state index contributed by atoms with van der Waals surface area (Å²) in [6.45, 7) is 8.66. The minimum atomic E-state index is 0.576. The third kappa shape index (κ3) is 3.53. The zero-order chi connectivity index (χ0) is 13.0. The molecule has 0 aliphatic carbocycles. The first kappa shape index (κ1) is 13.5. The number of hydrogen-bond acceptors (Lipinski definition) is 3.